The minimum absolute atomic E-state index is 0.130. The van der Waals surface area contributed by atoms with E-state index in [1.54, 1.807) is 29.6 Å². The standard InChI is InChI=1S/C21H17F2N3O2S/c1-11(27)24-12-6-7-14(18(23)8-12)19-10-29-21(25-19)26-20(28)16-9-15(16)13-4-2-3-5-17(13)22/h2-8,10,15-16H,9H2,1H3,(H,24,27)(H,25,26,28). The Morgan fingerprint density at radius 3 is 2.62 bits per heavy atom. The average Bonchev–Trinajstić information content (AvgIpc) is 3.34. The van der Waals surface area contributed by atoms with Gasteiger partial charge in [-0.25, -0.2) is 13.8 Å². The number of amides is 2. The molecule has 0 radical (unpaired) electrons. The van der Waals surface area contributed by atoms with Crippen molar-refractivity contribution in [2.45, 2.75) is 19.3 Å². The van der Waals surface area contributed by atoms with Crippen molar-refractivity contribution in [1.82, 2.24) is 4.98 Å². The van der Waals surface area contributed by atoms with E-state index in [0.717, 1.165) is 0 Å². The van der Waals surface area contributed by atoms with Gasteiger partial charge < -0.3 is 10.6 Å². The molecule has 0 bridgehead atoms. The summed E-state index contributed by atoms with van der Waals surface area (Å²) in [7, 11) is 0. The number of anilines is 2. The van der Waals surface area contributed by atoms with Crippen LogP contribution in [0.1, 0.15) is 24.8 Å². The quantitative estimate of drug-likeness (QED) is 0.632. The van der Waals surface area contributed by atoms with Gasteiger partial charge in [-0.2, -0.15) is 0 Å². The lowest BCUT2D eigenvalue weighted by Crippen LogP contribution is -2.14. The minimum atomic E-state index is -0.527. The largest absolute Gasteiger partial charge is 0.326 e. The van der Waals surface area contributed by atoms with Crippen molar-refractivity contribution in [3.63, 3.8) is 0 Å². The Morgan fingerprint density at radius 2 is 1.90 bits per heavy atom. The SMILES string of the molecule is CC(=O)Nc1ccc(-c2csc(NC(=O)C3CC3c3ccccc3F)n2)c(F)c1. The topological polar surface area (TPSA) is 71.1 Å². The zero-order valence-corrected chi connectivity index (χ0v) is 16.2. The molecular weight excluding hydrogens is 396 g/mol. The number of nitrogens with zero attached hydrogens (tertiary/aromatic N) is 1. The van der Waals surface area contributed by atoms with E-state index >= 15 is 0 Å². The van der Waals surface area contributed by atoms with Crippen LogP contribution in [0, 0.1) is 17.6 Å². The molecule has 1 aliphatic rings. The Kier molecular flexibility index (Phi) is 5.10. The molecule has 1 aromatic heterocycles. The Bertz CT molecular complexity index is 1100. The smallest absolute Gasteiger partial charge is 0.229 e. The van der Waals surface area contributed by atoms with Crippen molar-refractivity contribution in [2.75, 3.05) is 10.6 Å². The first-order chi connectivity index (χ1) is 13.9. The van der Waals surface area contributed by atoms with Crippen LogP contribution in [0.3, 0.4) is 0 Å². The third-order valence-corrected chi connectivity index (χ3v) is 5.49. The molecule has 1 saturated carbocycles. The summed E-state index contributed by atoms with van der Waals surface area (Å²) in [5.74, 6) is -1.77. The fraction of sp³-hybridized carbons (Fsp3) is 0.190. The van der Waals surface area contributed by atoms with Crippen molar-refractivity contribution in [2.24, 2.45) is 5.92 Å². The van der Waals surface area contributed by atoms with E-state index in [2.05, 4.69) is 15.6 Å². The molecule has 2 aromatic carbocycles. The van der Waals surface area contributed by atoms with E-state index in [0.29, 0.717) is 28.5 Å². The van der Waals surface area contributed by atoms with Crippen LogP contribution >= 0.6 is 11.3 Å². The molecule has 148 valence electrons. The molecule has 2 N–H and O–H groups in total. The second-order valence-corrected chi connectivity index (χ2v) is 7.73. The second kappa shape index (κ2) is 7.71. The van der Waals surface area contributed by atoms with Crippen LogP contribution in [0.15, 0.2) is 47.8 Å². The van der Waals surface area contributed by atoms with Crippen LogP contribution in [-0.4, -0.2) is 16.8 Å². The Hall–Kier alpha value is -3.13. The Labute approximate surface area is 169 Å². The number of halogens is 2. The highest BCUT2D eigenvalue weighted by Gasteiger charge is 2.45. The van der Waals surface area contributed by atoms with Gasteiger partial charge in [-0.05, 0) is 42.2 Å². The highest BCUT2D eigenvalue weighted by Crippen LogP contribution is 2.48. The number of aromatic nitrogens is 1. The molecule has 3 aromatic rings. The van der Waals surface area contributed by atoms with Gasteiger partial charge in [-0.15, -0.1) is 11.3 Å². The van der Waals surface area contributed by atoms with E-state index < -0.39 is 5.82 Å². The molecule has 0 saturated heterocycles. The summed E-state index contributed by atoms with van der Waals surface area (Å²) in [5.41, 5.74) is 1.56. The number of carbonyl (C=O) groups is 2. The molecule has 5 nitrogen and oxygen atoms in total. The Balaban J connectivity index is 1.43. The van der Waals surface area contributed by atoms with Crippen LogP contribution < -0.4 is 10.6 Å². The van der Waals surface area contributed by atoms with Gasteiger partial charge in [-0.1, -0.05) is 18.2 Å². The van der Waals surface area contributed by atoms with Crippen molar-refractivity contribution < 1.29 is 18.4 Å². The van der Waals surface area contributed by atoms with Gasteiger partial charge in [0.2, 0.25) is 11.8 Å². The van der Waals surface area contributed by atoms with Crippen LogP contribution in [0.5, 0.6) is 0 Å². The lowest BCUT2D eigenvalue weighted by atomic mass is 10.1. The van der Waals surface area contributed by atoms with E-state index in [1.807, 2.05) is 0 Å². The number of rotatable bonds is 5. The molecule has 2 unspecified atom stereocenters. The molecular formula is C21H17F2N3O2S. The third kappa shape index (κ3) is 4.17. The van der Waals surface area contributed by atoms with Crippen LogP contribution in [0.4, 0.5) is 19.6 Å². The van der Waals surface area contributed by atoms with Crippen LogP contribution in [0.25, 0.3) is 11.3 Å². The first-order valence-corrected chi connectivity index (χ1v) is 9.88. The van der Waals surface area contributed by atoms with Gasteiger partial charge in [-0.3, -0.25) is 9.59 Å². The van der Waals surface area contributed by atoms with Crippen molar-refractivity contribution in [3.8, 4) is 11.3 Å². The summed E-state index contributed by atoms with van der Waals surface area (Å²) < 4.78 is 28.2. The molecule has 8 heteroatoms. The average molecular weight is 413 g/mol. The molecule has 0 aliphatic heterocycles. The fourth-order valence-electron chi connectivity index (χ4n) is 3.26. The molecule has 4 rings (SSSR count). The van der Waals surface area contributed by atoms with Crippen LogP contribution in [0.2, 0.25) is 0 Å². The lowest BCUT2D eigenvalue weighted by Gasteiger charge is -2.05. The van der Waals surface area contributed by atoms with Crippen molar-refractivity contribution >= 4 is 34.0 Å². The number of carbonyl (C=O) groups excluding carboxylic acids is 2. The van der Waals surface area contributed by atoms with E-state index in [-0.39, 0.29) is 35.0 Å². The maximum atomic E-state index is 14.4. The first kappa shape index (κ1) is 19.2. The zero-order chi connectivity index (χ0) is 20.5. The van der Waals surface area contributed by atoms with Gasteiger partial charge >= 0.3 is 0 Å². The third-order valence-electron chi connectivity index (χ3n) is 4.73. The molecule has 0 spiro atoms. The van der Waals surface area contributed by atoms with E-state index in [1.165, 1.54) is 36.5 Å². The molecule has 1 aliphatic carbocycles. The summed E-state index contributed by atoms with van der Waals surface area (Å²) in [5, 5.41) is 7.26. The van der Waals surface area contributed by atoms with Gasteiger partial charge in [0.25, 0.3) is 0 Å². The molecule has 1 fully saturated rings. The maximum absolute atomic E-state index is 14.4. The predicted molar refractivity (Wildman–Crippen MR) is 108 cm³/mol. The first-order valence-electron chi connectivity index (χ1n) is 9.00. The predicted octanol–water partition coefficient (Wildman–Crippen LogP) is 4.79. The fourth-order valence-corrected chi connectivity index (χ4v) is 3.97. The maximum Gasteiger partial charge on any atom is 0.229 e. The van der Waals surface area contributed by atoms with Crippen molar-refractivity contribution in [1.29, 1.82) is 0 Å². The summed E-state index contributed by atoms with van der Waals surface area (Å²) in [6.45, 7) is 1.35. The van der Waals surface area contributed by atoms with Gasteiger partial charge in [0, 0.05) is 29.5 Å². The monoisotopic (exact) mass is 413 g/mol. The van der Waals surface area contributed by atoms with Crippen LogP contribution in [-0.2, 0) is 9.59 Å². The van der Waals surface area contributed by atoms with E-state index in [9.17, 15) is 18.4 Å². The summed E-state index contributed by atoms with van der Waals surface area (Å²) >= 11 is 1.19. The molecule has 2 atom stereocenters. The number of hydrogen-bond acceptors (Lipinski definition) is 4. The highest BCUT2D eigenvalue weighted by atomic mass is 32.1. The summed E-state index contributed by atoms with van der Waals surface area (Å²) in [6.07, 6.45) is 0.588. The minimum Gasteiger partial charge on any atom is -0.326 e. The Morgan fingerprint density at radius 1 is 1.10 bits per heavy atom. The normalized spacial score (nSPS) is 17.6. The number of thiazole rings is 1. The number of benzene rings is 2. The second-order valence-electron chi connectivity index (χ2n) is 6.87. The van der Waals surface area contributed by atoms with Gasteiger partial charge in [0.1, 0.15) is 11.6 Å². The van der Waals surface area contributed by atoms with Gasteiger partial charge in [0.15, 0.2) is 5.13 Å². The van der Waals surface area contributed by atoms with Gasteiger partial charge in [0.05, 0.1) is 5.69 Å². The molecule has 2 amide bonds. The number of hydrogen-bond donors (Lipinski definition) is 2. The molecule has 1 heterocycles. The zero-order valence-electron chi connectivity index (χ0n) is 15.4. The highest BCUT2D eigenvalue weighted by molar-refractivity contribution is 7.14. The lowest BCUT2D eigenvalue weighted by molar-refractivity contribution is -0.117. The van der Waals surface area contributed by atoms with Crippen molar-refractivity contribution in [3.05, 3.63) is 65.0 Å². The molecule has 29 heavy (non-hydrogen) atoms. The summed E-state index contributed by atoms with van der Waals surface area (Å²) in [4.78, 5) is 27.8. The summed E-state index contributed by atoms with van der Waals surface area (Å²) in [6, 6.07) is 10.8. The van der Waals surface area contributed by atoms with E-state index in [4.69, 9.17) is 0 Å². The number of nitrogens with one attached hydrogen (secondary N) is 2.